The minimum absolute atomic E-state index is 0.108. The van der Waals surface area contributed by atoms with Crippen LogP contribution in [0.4, 0.5) is 0 Å². The summed E-state index contributed by atoms with van der Waals surface area (Å²) < 4.78 is 0. The molecule has 4 nitrogen and oxygen atoms in total. The second-order valence-electron chi connectivity index (χ2n) is 3.10. The van der Waals surface area contributed by atoms with Crippen LogP contribution in [-0.2, 0) is 0 Å². The van der Waals surface area contributed by atoms with Crippen LogP contribution in [0.5, 0.6) is 5.88 Å². The van der Waals surface area contributed by atoms with E-state index in [1.807, 2.05) is 0 Å². The molecule has 0 spiro atoms. The summed E-state index contributed by atoms with van der Waals surface area (Å²) in [7, 11) is 0. The van der Waals surface area contributed by atoms with Crippen LogP contribution in [0.3, 0.4) is 0 Å². The first kappa shape index (κ1) is 7.34. The standard InChI is InChI=1S/C8H10N2O2/c11-7-6(5-2-1-3-5)8(12)10-4-9-7/h4-5H,1-3H2,(H2,9,10,11,12). The second-order valence-corrected chi connectivity index (χ2v) is 3.10. The number of aromatic hydroxyl groups is 1. The van der Waals surface area contributed by atoms with Gasteiger partial charge in [-0.05, 0) is 18.8 Å². The van der Waals surface area contributed by atoms with Gasteiger partial charge in [-0.25, -0.2) is 4.98 Å². The van der Waals surface area contributed by atoms with Crippen molar-refractivity contribution in [1.82, 2.24) is 9.97 Å². The van der Waals surface area contributed by atoms with Crippen LogP contribution in [0.15, 0.2) is 11.1 Å². The number of rotatable bonds is 1. The third kappa shape index (κ3) is 0.995. The highest BCUT2D eigenvalue weighted by atomic mass is 16.3. The van der Waals surface area contributed by atoms with Gasteiger partial charge in [0.1, 0.15) is 0 Å². The Balaban J connectivity index is 2.46. The molecule has 0 bridgehead atoms. The molecule has 0 amide bonds. The lowest BCUT2D eigenvalue weighted by Gasteiger charge is -2.24. The smallest absolute Gasteiger partial charge is 0.258 e. The summed E-state index contributed by atoms with van der Waals surface area (Å²) in [6.07, 6.45) is 4.34. The molecule has 2 N–H and O–H groups in total. The van der Waals surface area contributed by atoms with E-state index in [0.29, 0.717) is 5.56 Å². The molecule has 0 saturated heterocycles. The van der Waals surface area contributed by atoms with Gasteiger partial charge >= 0.3 is 0 Å². The second kappa shape index (κ2) is 2.62. The van der Waals surface area contributed by atoms with Crippen LogP contribution in [0.1, 0.15) is 30.7 Å². The van der Waals surface area contributed by atoms with Crippen molar-refractivity contribution in [3.05, 3.63) is 22.2 Å². The number of aromatic amines is 1. The molecule has 1 heterocycles. The number of aromatic nitrogens is 2. The Morgan fingerprint density at radius 2 is 2.33 bits per heavy atom. The van der Waals surface area contributed by atoms with Gasteiger partial charge in [0.2, 0.25) is 5.88 Å². The van der Waals surface area contributed by atoms with Gasteiger partial charge < -0.3 is 10.1 Å². The zero-order chi connectivity index (χ0) is 8.55. The van der Waals surface area contributed by atoms with Gasteiger partial charge in [-0.15, -0.1) is 0 Å². The van der Waals surface area contributed by atoms with Crippen molar-refractivity contribution in [3.8, 4) is 5.88 Å². The van der Waals surface area contributed by atoms with Crippen LogP contribution in [-0.4, -0.2) is 15.1 Å². The number of hydrogen-bond acceptors (Lipinski definition) is 3. The molecular formula is C8H10N2O2. The predicted octanol–water partition coefficient (Wildman–Crippen LogP) is 0.743. The number of H-pyrrole nitrogens is 1. The van der Waals surface area contributed by atoms with Crippen LogP contribution >= 0.6 is 0 Å². The first-order chi connectivity index (χ1) is 5.79. The highest BCUT2D eigenvalue weighted by molar-refractivity contribution is 5.26. The van der Waals surface area contributed by atoms with Crippen LogP contribution in [0.2, 0.25) is 0 Å². The third-order valence-electron chi connectivity index (χ3n) is 2.38. The summed E-state index contributed by atoms with van der Waals surface area (Å²) in [5.41, 5.74) is 0.260. The van der Waals surface area contributed by atoms with Gasteiger partial charge in [0, 0.05) is 0 Å². The summed E-state index contributed by atoms with van der Waals surface area (Å²) in [5, 5.41) is 9.30. The van der Waals surface area contributed by atoms with E-state index in [1.165, 1.54) is 6.33 Å². The van der Waals surface area contributed by atoms with Gasteiger partial charge in [-0.2, -0.15) is 0 Å². The average molecular weight is 166 g/mol. The Hall–Kier alpha value is -1.32. The molecule has 1 aliphatic carbocycles. The maximum atomic E-state index is 11.2. The summed E-state index contributed by atoms with van der Waals surface area (Å²) in [6, 6.07) is 0. The van der Waals surface area contributed by atoms with Crippen molar-refractivity contribution in [2.24, 2.45) is 0 Å². The maximum Gasteiger partial charge on any atom is 0.258 e. The molecule has 1 saturated carbocycles. The number of hydrogen-bond donors (Lipinski definition) is 2. The minimum Gasteiger partial charge on any atom is -0.493 e. The van der Waals surface area contributed by atoms with E-state index < -0.39 is 0 Å². The minimum atomic E-state index is -0.202. The van der Waals surface area contributed by atoms with E-state index in [0.717, 1.165) is 19.3 Å². The molecule has 12 heavy (non-hydrogen) atoms. The Morgan fingerprint density at radius 1 is 1.58 bits per heavy atom. The fourth-order valence-electron chi connectivity index (χ4n) is 1.47. The molecule has 0 aromatic carbocycles. The van der Waals surface area contributed by atoms with Gasteiger partial charge in [0.25, 0.3) is 5.56 Å². The Morgan fingerprint density at radius 3 is 2.83 bits per heavy atom. The molecule has 0 radical (unpaired) electrons. The normalized spacial score (nSPS) is 17.3. The van der Waals surface area contributed by atoms with E-state index >= 15 is 0 Å². The average Bonchev–Trinajstić information content (AvgIpc) is 1.93. The molecule has 64 valence electrons. The van der Waals surface area contributed by atoms with Crippen molar-refractivity contribution < 1.29 is 5.11 Å². The Bertz CT molecular complexity index is 341. The van der Waals surface area contributed by atoms with Crippen molar-refractivity contribution in [2.75, 3.05) is 0 Å². The Kier molecular flexibility index (Phi) is 1.60. The molecule has 0 unspecified atom stereocenters. The summed E-state index contributed by atoms with van der Waals surface area (Å²) >= 11 is 0. The van der Waals surface area contributed by atoms with Crippen LogP contribution < -0.4 is 5.56 Å². The maximum absolute atomic E-state index is 11.2. The molecule has 1 aromatic heterocycles. The van der Waals surface area contributed by atoms with E-state index in [-0.39, 0.29) is 17.4 Å². The van der Waals surface area contributed by atoms with Gasteiger partial charge in [0.15, 0.2) is 0 Å². The lowest BCUT2D eigenvalue weighted by Crippen LogP contribution is -2.21. The number of nitrogens with one attached hydrogen (secondary N) is 1. The SMILES string of the molecule is O=c1[nH]cnc(O)c1C1CCC1. The summed E-state index contributed by atoms with van der Waals surface area (Å²) in [6.45, 7) is 0. The van der Waals surface area contributed by atoms with E-state index in [9.17, 15) is 9.90 Å². The van der Waals surface area contributed by atoms with Crippen LogP contribution in [0, 0.1) is 0 Å². The van der Waals surface area contributed by atoms with E-state index in [1.54, 1.807) is 0 Å². The molecular weight excluding hydrogens is 156 g/mol. The lowest BCUT2D eigenvalue weighted by atomic mass is 9.81. The van der Waals surface area contributed by atoms with Crippen molar-refractivity contribution in [1.29, 1.82) is 0 Å². The first-order valence-corrected chi connectivity index (χ1v) is 4.05. The summed E-state index contributed by atoms with van der Waals surface area (Å²) in [5.74, 6) is 0.117. The quantitative estimate of drug-likeness (QED) is 0.646. The predicted molar refractivity (Wildman–Crippen MR) is 43.1 cm³/mol. The molecule has 4 heteroatoms. The Labute approximate surface area is 69.3 Å². The fraction of sp³-hybridized carbons (Fsp3) is 0.500. The molecule has 1 fully saturated rings. The van der Waals surface area contributed by atoms with Gasteiger partial charge in [-0.1, -0.05) is 6.42 Å². The van der Waals surface area contributed by atoms with Crippen molar-refractivity contribution in [2.45, 2.75) is 25.2 Å². The monoisotopic (exact) mass is 166 g/mol. The van der Waals surface area contributed by atoms with Gasteiger partial charge in [0.05, 0.1) is 11.9 Å². The molecule has 1 aliphatic rings. The topological polar surface area (TPSA) is 66.0 Å². The number of nitrogens with zero attached hydrogens (tertiary/aromatic N) is 1. The zero-order valence-corrected chi connectivity index (χ0v) is 6.58. The summed E-state index contributed by atoms with van der Waals surface area (Å²) in [4.78, 5) is 17.3. The van der Waals surface area contributed by atoms with Crippen LogP contribution in [0.25, 0.3) is 0 Å². The van der Waals surface area contributed by atoms with E-state index in [4.69, 9.17) is 0 Å². The lowest BCUT2D eigenvalue weighted by molar-refractivity contribution is 0.379. The molecule has 0 atom stereocenters. The largest absolute Gasteiger partial charge is 0.493 e. The first-order valence-electron chi connectivity index (χ1n) is 4.05. The molecule has 2 rings (SSSR count). The highest BCUT2D eigenvalue weighted by Crippen LogP contribution is 2.37. The third-order valence-corrected chi connectivity index (χ3v) is 2.38. The van der Waals surface area contributed by atoms with E-state index in [2.05, 4.69) is 9.97 Å². The van der Waals surface area contributed by atoms with Crippen molar-refractivity contribution in [3.63, 3.8) is 0 Å². The highest BCUT2D eigenvalue weighted by Gasteiger charge is 2.25. The zero-order valence-electron chi connectivity index (χ0n) is 6.58. The molecule has 1 aromatic rings. The molecule has 0 aliphatic heterocycles. The fourth-order valence-corrected chi connectivity index (χ4v) is 1.47. The van der Waals surface area contributed by atoms with Gasteiger partial charge in [-0.3, -0.25) is 4.79 Å². The van der Waals surface area contributed by atoms with Crippen molar-refractivity contribution >= 4 is 0 Å².